The Kier molecular flexibility index (Phi) is 5.38. The summed E-state index contributed by atoms with van der Waals surface area (Å²) < 4.78 is 27.0. The Morgan fingerprint density at radius 1 is 1.29 bits per heavy atom. The molecule has 1 aromatic carbocycles. The normalized spacial score (nSPS) is 13.4. The third-order valence-corrected chi connectivity index (χ3v) is 3.99. The SMILES string of the molecule is CC(COc1ccc(Cl)c(Cl)c1)CS(=O)(=O)Cl. The molecule has 0 saturated carbocycles. The van der Waals surface area contributed by atoms with E-state index < -0.39 is 9.05 Å². The van der Waals surface area contributed by atoms with Gasteiger partial charge in [0.2, 0.25) is 9.05 Å². The van der Waals surface area contributed by atoms with Crippen LogP contribution in [0.5, 0.6) is 5.75 Å². The van der Waals surface area contributed by atoms with Gasteiger partial charge in [-0.15, -0.1) is 0 Å². The van der Waals surface area contributed by atoms with Crippen LogP contribution in [0.25, 0.3) is 0 Å². The zero-order valence-corrected chi connectivity index (χ0v) is 12.1. The molecule has 1 unspecified atom stereocenters. The number of hydrogen-bond acceptors (Lipinski definition) is 3. The average molecular weight is 318 g/mol. The lowest BCUT2D eigenvalue weighted by Gasteiger charge is -2.11. The Balaban J connectivity index is 2.53. The lowest BCUT2D eigenvalue weighted by molar-refractivity contribution is 0.272. The molecule has 0 N–H and O–H groups in total. The van der Waals surface area contributed by atoms with Gasteiger partial charge in [0.1, 0.15) is 5.75 Å². The van der Waals surface area contributed by atoms with Crippen molar-refractivity contribution in [2.45, 2.75) is 6.92 Å². The van der Waals surface area contributed by atoms with Gasteiger partial charge in [-0.1, -0.05) is 30.1 Å². The number of ether oxygens (including phenoxy) is 1. The largest absolute Gasteiger partial charge is 0.493 e. The first kappa shape index (κ1) is 14.9. The van der Waals surface area contributed by atoms with Gasteiger partial charge in [-0.2, -0.15) is 0 Å². The fourth-order valence-corrected chi connectivity index (χ4v) is 2.90. The molecule has 0 spiro atoms. The first-order chi connectivity index (χ1) is 7.78. The predicted octanol–water partition coefficient (Wildman–Crippen LogP) is 3.58. The predicted molar refractivity (Wildman–Crippen MR) is 70.8 cm³/mol. The van der Waals surface area contributed by atoms with Gasteiger partial charge in [-0.3, -0.25) is 0 Å². The number of hydrogen-bond donors (Lipinski definition) is 0. The Labute approximate surface area is 115 Å². The first-order valence-electron chi connectivity index (χ1n) is 4.78. The van der Waals surface area contributed by atoms with E-state index in [-0.39, 0.29) is 18.3 Å². The Hall–Kier alpha value is -0.160. The molecule has 0 aliphatic heterocycles. The Morgan fingerprint density at radius 2 is 1.94 bits per heavy atom. The maximum atomic E-state index is 10.8. The van der Waals surface area contributed by atoms with E-state index in [4.69, 9.17) is 38.6 Å². The maximum Gasteiger partial charge on any atom is 0.232 e. The van der Waals surface area contributed by atoms with Crippen LogP contribution in [0.2, 0.25) is 10.0 Å². The van der Waals surface area contributed by atoms with Crippen molar-refractivity contribution in [1.82, 2.24) is 0 Å². The molecule has 96 valence electrons. The summed E-state index contributed by atoms with van der Waals surface area (Å²) in [6, 6.07) is 4.85. The molecule has 0 aromatic heterocycles. The van der Waals surface area contributed by atoms with Gasteiger partial charge in [0, 0.05) is 22.7 Å². The fraction of sp³-hybridized carbons (Fsp3) is 0.400. The average Bonchev–Trinajstić information content (AvgIpc) is 2.17. The summed E-state index contributed by atoms with van der Waals surface area (Å²) in [6.45, 7) is 1.97. The molecule has 1 aromatic rings. The fourth-order valence-electron chi connectivity index (χ4n) is 1.19. The van der Waals surface area contributed by atoms with E-state index in [1.807, 2.05) is 0 Å². The lowest BCUT2D eigenvalue weighted by atomic mass is 10.2. The van der Waals surface area contributed by atoms with E-state index in [1.54, 1.807) is 25.1 Å². The molecule has 0 aliphatic carbocycles. The quantitative estimate of drug-likeness (QED) is 0.780. The highest BCUT2D eigenvalue weighted by Crippen LogP contribution is 2.26. The lowest BCUT2D eigenvalue weighted by Crippen LogP contribution is -2.16. The highest BCUT2D eigenvalue weighted by atomic mass is 35.7. The van der Waals surface area contributed by atoms with Crippen molar-refractivity contribution in [3.63, 3.8) is 0 Å². The summed E-state index contributed by atoms with van der Waals surface area (Å²) in [4.78, 5) is 0. The van der Waals surface area contributed by atoms with Crippen LogP contribution in [0.4, 0.5) is 0 Å². The molecule has 1 atom stereocenters. The smallest absolute Gasteiger partial charge is 0.232 e. The molecule has 3 nitrogen and oxygen atoms in total. The molecule has 1 rings (SSSR count). The number of halogens is 3. The van der Waals surface area contributed by atoms with Gasteiger partial charge in [0.15, 0.2) is 0 Å². The summed E-state index contributed by atoms with van der Waals surface area (Å²) in [5.74, 6) is 0.209. The van der Waals surface area contributed by atoms with E-state index in [9.17, 15) is 8.42 Å². The van der Waals surface area contributed by atoms with Crippen LogP contribution < -0.4 is 4.74 Å². The van der Waals surface area contributed by atoms with Gasteiger partial charge in [0.05, 0.1) is 22.4 Å². The van der Waals surface area contributed by atoms with Gasteiger partial charge >= 0.3 is 0 Å². The molecule has 0 aliphatic rings. The molecule has 7 heteroatoms. The molecule has 0 bridgehead atoms. The summed E-state index contributed by atoms with van der Waals surface area (Å²) >= 11 is 11.6. The third-order valence-electron chi connectivity index (χ3n) is 1.91. The zero-order valence-electron chi connectivity index (χ0n) is 8.99. The highest BCUT2D eigenvalue weighted by Gasteiger charge is 2.13. The van der Waals surface area contributed by atoms with Crippen molar-refractivity contribution >= 4 is 42.9 Å². The van der Waals surface area contributed by atoms with Crippen molar-refractivity contribution in [3.8, 4) is 5.75 Å². The van der Waals surface area contributed by atoms with Crippen molar-refractivity contribution in [2.75, 3.05) is 12.4 Å². The maximum absolute atomic E-state index is 10.8. The number of benzene rings is 1. The standard InChI is InChI=1S/C10H11Cl3O3S/c1-7(6-17(13,14)15)5-16-8-2-3-9(11)10(12)4-8/h2-4,7H,5-6H2,1H3. The van der Waals surface area contributed by atoms with Gasteiger partial charge in [-0.05, 0) is 12.1 Å². The third kappa shape index (κ3) is 5.82. The van der Waals surface area contributed by atoms with Gasteiger partial charge < -0.3 is 4.74 Å². The molecule has 0 saturated heterocycles. The van der Waals surface area contributed by atoms with Gasteiger partial charge in [0.25, 0.3) is 0 Å². The summed E-state index contributed by atoms with van der Waals surface area (Å²) in [6.07, 6.45) is 0. The van der Waals surface area contributed by atoms with Crippen molar-refractivity contribution in [3.05, 3.63) is 28.2 Å². The van der Waals surface area contributed by atoms with Crippen molar-refractivity contribution in [2.24, 2.45) is 5.92 Å². The van der Waals surface area contributed by atoms with Crippen LogP contribution in [-0.4, -0.2) is 20.8 Å². The second-order valence-corrected chi connectivity index (χ2v) is 7.33. The molecule has 0 radical (unpaired) electrons. The first-order valence-corrected chi connectivity index (χ1v) is 8.01. The van der Waals surface area contributed by atoms with Crippen LogP contribution in [0.15, 0.2) is 18.2 Å². The van der Waals surface area contributed by atoms with Crippen LogP contribution in [-0.2, 0) is 9.05 Å². The molecule has 0 heterocycles. The van der Waals surface area contributed by atoms with E-state index >= 15 is 0 Å². The Bertz CT molecular complexity index is 488. The second-order valence-electron chi connectivity index (χ2n) is 3.70. The van der Waals surface area contributed by atoms with Gasteiger partial charge in [-0.25, -0.2) is 8.42 Å². The monoisotopic (exact) mass is 316 g/mol. The summed E-state index contributed by atoms with van der Waals surface area (Å²) in [5, 5.41) is 0.831. The van der Waals surface area contributed by atoms with E-state index in [0.29, 0.717) is 15.8 Å². The minimum Gasteiger partial charge on any atom is -0.493 e. The minimum absolute atomic E-state index is 0.129. The van der Waals surface area contributed by atoms with E-state index in [0.717, 1.165) is 0 Å². The molecular weight excluding hydrogens is 307 g/mol. The molecule has 0 fully saturated rings. The molecular formula is C10H11Cl3O3S. The van der Waals surface area contributed by atoms with E-state index in [1.165, 1.54) is 0 Å². The van der Waals surface area contributed by atoms with Crippen LogP contribution in [0.1, 0.15) is 6.92 Å². The van der Waals surface area contributed by atoms with Crippen molar-refractivity contribution in [1.29, 1.82) is 0 Å². The molecule has 17 heavy (non-hydrogen) atoms. The van der Waals surface area contributed by atoms with Crippen molar-refractivity contribution < 1.29 is 13.2 Å². The highest BCUT2D eigenvalue weighted by molar-refractivity contribution is 8.13. The summed E-state index contributed by atoms with van der Waals surface area (Å²) in [5.41, 5.74) is 0. The topological polar surface area (TPSA) is 43.4 Å². The second kappa shape index (κ2) is 6.14. The zero-order chi connectivity index (χ0) is 13.1. The van der Waals surface area contributed by atoms with Crippen LogP contribution in [0, 0.1) is 5.92 Å². The van der Waals surface area contributed by atoms with E-state index in [2.05, 4.69) is 0 Å². The summed E-state index contributed by atoms with van der Waals surface area (Å²) in [7, 11) is 1.64. The Morgan fingerprint density at radius 3 is 2.47 bits per heavy atom. The van der Waals surface area contributed by atoms with Crippen LogP contribution >= 0.6 is 33.9 Å². The van der Waals surface area contributed by atoms with Crippen LogP contribution in [0.3, 0.4) is 0 Å². The molecule has 0 amide bonds. The number of rotatable bonds is 5. The minimum atomic E-state index is -3.50.